The molecular weight excluding hydrogens is 486 g/mol. The van der Waals surface area contributed by atoms with Crippen LogP contribution in [0.3, 0.4) is 0 Å². The summed E-state index contributed by atoms with van der Waals surface area (Å²) in [6.45, 7) is 6.29. The molecule has 0 aliphatic rings. The van der Waals surface area contributed by atoms with E-state index in [0.717, 1.165) is 39.3 Å². The third-order valence-electron chi connectivity index (χ3n) is 6.34. The quantitative estimate of drug-likeness (QED) is 0.256. The summed E-state index contributed by atoms with van der Waals surface area (Å²) in [5, 5.41) is 3.15. The minimum absolute atomic E-state index is 0.0808. The predicted octanol–water partition coefficient (Wildman–Crippen LogP) is 6.68. The molecule has 0 aliphatic carbocycles. The van der Waals surface area contributed by atoms with Crippen LogP contribution in [-0.4, -0.2) is 18.0 Å². The number of nitrogens with one attached hydrogen (secondary N) is 1. The third-order valence-corrected chi connectivity index (χ3v) is 6.53. The molecule has 3 aromatic carbocycles. The Hall–Kier alpha value is -4.03. The summed E-state index contributed by atoms with van der Waals surface area (Å²) in [4.78, 5) is 17.5. The monoisotopic (exact) mass is 515 g/mol. The maximum absolute atomic E-state index is 13.2. The maximum Gasteiger partial charge on any atom is 0.272 e. The fourth-order valence-corrected chi connectivity index (χ4v) is 4.47. The lowest BCUT2D eigenvalue weighted by Gasteiger charge is -2.19. The minimum atomic E-state index is -0.406. The van der Waals surface area contributed by atoms with Gasteiger partial charge in [0.25, 0.3) is 5.91 Å². The first-order valence-corrected chi connectivity index (χ1v) is 12.3. The summed E-state index contributed by atoms with van der Waals surface area (Å²) in [5.74, 6) is 1.07. The number of hydrogen-bond acceptors (Lipinski definition) is 5. The van der Waals surface area contributed by atoms with Gasteiger partial charge in [0.2, 0.25) is 0 Å². The number of hydrogen-bond donors (Lipinski definition) is 2. The van der Waals surface area contributed by atoms with Crippen molar-refractivity contribution in [1.29, 1.82) is 0 Å². The van der Waals surface area contributed by atoms with E-state index in [-0.39, 0.29) is 22.6 Å². The van der Waals surface area contributed by atoms with E-state index >= 15 is 0 Å². The van der Waals surface area contributed by atoms with Crippen molar-refractivity contribution in [2.45, 2.75) is 33.4 Å². The Kier molecular flexibility index (Phi) is 7.99. The van der Waals surface area contributed by atoms with Crippen LogP contribution in [0.1, 0.15) is 45.7 Å². The number of ether oxygens (including phenoxy) is 2. The first kappa shape index (κ1) is 26.0. The number of nitrogen functional groups attached to an aromatic ring is 1. The van der Waals surface area contributed by atoms with Gasteiger partial charge >= 0.3 is 0 Å². The highest BCUT2D eigenvalue weighted by molar-refractivity contribution is 6.30. The maximum atomic E-state index is 13.2. The molecule has 0 saturated carbocycles. The van der Waals surface area contributed by atoms with E-state index in [1.54, 1.807) is 13.2 Å². The molecule has 0 spiro atoms. The van der Waals surface area contributed by atoms with Crippen molar-refractivity contribution in [1.82, 2.24) is 10.3 Å². The topological polar surface area (TPSA) is 86.5 Å². The molecule has 0 fully saturated rings. The second-order valence-corrected chi connectivity index (χ2v) is 9.27. The molecular formula is C30H30ClN3O3. The Labute approximate surface area is 222 Å². The van der Waals surface area contributed by atoms with Gasteiger partial charge in [-0.15, -0.1) is 0 Å². The average molecular weight is 516 g/mol. The van der Waals surface area contributed by atoms with E-state index in [1.165, 1.54) is 0 Å². The molecule has 7 heteroatoms. The van der Waals surface area contributed by atoms with Crippen LogP contribution in [0.5, 0.6) is 11.5 Å². The molecule has 6 nitrogen and oxygen atoms in total. The summed E-state index contributed by atoms with van der Waals surface area (Å²) >= 11 is 6.40. The van der Waals surface area contributed by atoms with Gasteiger partial charge in [-0.3, -0.25) is 4.79 Å². The number of nitrogens with two attached hydrogens (primary N) is 1. The van der Waals surface area contributed by atoms with Crippen LogP contribution >= 0.6 is 11.6 Å². The van der Waals surface area contributed by atoms with Gasteiger partial charge in [0, 0.05) is 5.56 Å². The molecule has 0 radical (unpaired) electrons. The Bertz CT molecular complexity index is 1410. The number of nitrogens with zero attached hydrogens (tertiary/aromatic N) is 1. The van der Waals surface area contributed by atoms with E-state index in [0.29, 0.717) is 12.2 Å². The van der Waals surface area contributed by atoms with Gasteiger partial charge in [0.1, 0.15) is 23.3 Å². The molecule has 0 aliphatic heterocycles. The van der Waals surface area contributed by atoms with E-state index in [1.807, 2.05) is 87.5 Å². The van der Waals surface area contributed by atoms with E-state index < -0.39 is 5.91 Å². The molecule has 0 bridgehead atoms. The van der Waals surface area contributed by atoms with Crippen LogP contribution in [0.25, 0.3) is 11.1 Å². The molecule has 4 aromatic rings. The molecule has 1 aromatic heterocycles. The lowest BCUT2D eigenvalue weighted by atomic mass is 9.93. The number of amides is 1. The standard InChI is InChI=1S/C30H30ClN3O3/c1-18-10-15-25(37-17-21-8-6-5-7-9-21)19(2)27(18)24-16-26(31)34-29(28(24)32)30(35)33-20(3)22-11-13-23(36-4)14-12-22/h5-16,20H,17,32H2,1-4H3,(H,33,35). The van der Waals surface area contributed by atoms with E-state index in [4.69, 9.17) is 26.8 Å². The number of aryl methyl sites for hydroxylation is 1. The number of halogens is 1. The Morgan fingerprint density at radius 1 is 1.05 bits per heavy atom. The van der Waals surface area contributed by atoms with Crippen LogP contribution in [-0.2, 0) is 6.61 Å². The molecule has 1 atom stereocenters. The SMILES string of the molecule is COc1ccc(C(C)NC(=O)c2nc(Cl)cc(-c3c(C)ccc(OCc4ccccc4)c3C)c2N)cc1. The summed E-state index contributed by atoms with van der Waals surface area (Å²) in [6, 6.07) is 22.8. The summed E-state index contributed by atoms with van der Waals surface area (Å²) < 4.78 is 11.3. The molecule has 4 rings (SSSR count). The lowest BCUT2D eigenvalue weighted by Crippen LogP contribution is -2.28. The first-order chi connectivity index (χ1) is 17.8. The number of pyridine rings is 1. The second-order valence-electron chi connectivity index (χ2n) is 8.88. The third kappa shape index (κ3) is 5.87. The van der Waals surface area contributed by atoms with Gasteiger partial charge in [-0.05, 0) is 72.9 Å². The van der Waals surface area contributed by atoms with Crippen LogP contribution in [0.2, 0.25) is 5.15 Å². The number of carbonyl (C=O) groups excluding carboxylic acids is 1. The number of aromatic nitrogens is 1. The largest absolute Gasteiger partial charge is 0.497 e. The van der Waals surface area contributed by atoms with Gasteiger partial charge in [0.05, 0.1) is 18.8 Å². The molecule has 1 amide bonds. The molecule has 1 unspecified atom stereocenters. The van der Waals surface area contributed by atoms with Gasteiger partial charge in [-0.2, -0.15) is 0 Å². The van der Waals surface area contributed by atoms with Crippen molar-refractivity contribution in [3.63, 3.8) is 0 Å². The number of rotatable bonds is 8. The second kappa shape index (κ2) is 11.4. The van der Waals surface area contributed by atoms with Crippen molar-refractivity contribution < 1.29 is 14.3 Å². The molecule has 1 heterocycles. The number of methoxy groups -OCH3 is 1. The summed E-state index contributed by atoms with van der Waals surface area (Å²) in [7, 11) is 1.61. The predicted molar refractivity (Wildman–Crippen MR) is 148 cm³/mol. The summed E-state index contributed by atoms with van der Waals surface area (Å²) in [6.07, 6.45) is 0. The number of carbonyl (C=O) groups is 1. The normalized spacial score (nSPS) is 11.6. The van der Waals surface area contributed by atoms with Crippen molar-refractivity contribution in [2.75, 3.05) is 12.8 Å². The Morgan fingerprint density at radius 2 is 1.76 bits per heavy atom. The van der Waals surface area contributed by atoms with Crippen LogP contribution in [0.4, 0.5) is 5.69 Å². The van der Waals surface area contributed by atoms with Crippen molar-refractivity contribution in [3.05, 3.63) is 106 Å². The minimum Gasteiger partial charge on any atom is -0.497 e. The molecule has 3 N–H and O–H groups in total. The van der Waals surface area contributed by atoms with Crippen LogP contribution in [0.15, 0.2) is 72.8 Å². The number of benzene rings is 3. The van der Waals surface area contributed by atoms with Gasteiger partial charge in [-0.25, -0.2) is 4.98 Å². The molecule has 0 saturated heterocycles. The smallest absolute Gasteiger partial charge is 0.272 e. The zero-order chi connectivity index (χ0) is 26.5. The average Bonchev–Trinajstić information content (AvgIpc) is 2.90. The zero-order valence-corrected chi connectivity index (χ0v) is 22.1. The van der Waals surface area contributed by atoms with Crippen molar-refractivity contribution >= 4 is 23.2 Å². The lowest BCUT2D eigenvalue weighted by molar-refractivity contribution is 0.0936. The fraction of sp³-hybridized carbons (Fsp3) is 0.200. The van der Waals surface area contributed by atoms with Crippen LogP contribution < -0.4 is 20.5 Å². The molecule has 190 valence electrons. The van der Waals surface area contributed by atoms with E-state index in [9.17, 15) is 4.79 Å². The van der Waals surface area contributed by atoms with Gasteiger partial charge < -0.3 is 20.5 Å². The Morgan fingerprint density at radius 3 is 2.43 bits per heavy atom. The van der Waals surface area contributed by atoms with Gasteiger partial charge in [0.15, 0.2) is 5.69 Å². The molecule has 37 heavy (non-hydrogen) atoms. The first-order valence-electron chi connectivity index (χ1n) is 12.0. The van der Waals surface area contributed by atoms with Crippen LogP contribution in [0, 0.1) is 13.8 Å². The zero-order valence-electron chi connectivity index (χ0n) is 21.3. The highest BCUT2D eigenvalue weighted by Crippen LogP contribution is 2.38. The fourth-order valence-electron chi connectivity index (χ4n) is 4.28. The highest BCUT2D eigenvalue weighted by Gasteiger charge is 2.22. The number of anilines is 1. The highest BCUT2D eigenvalue weighted by atomic mass is 35.5. The summed E-state index contributed by atoms with van der Waals surface area (Å²) in [5.41, 5.74) is 12.3. The van der Waals surface area contributed by atoms with E-state index in [2.05, 4.69) is 10.3 Å². The Balaban J connectivity index is 1.63. The van der Waals surface area contributed by atoms with Gasteiger partial charge in [-0.1, -0.05) is 60.1 Å². The van der Waals surface area contributed by atoms with Crippen molar-refractivity contribution in [2.24, 2.45) is 0 Å². The van der Waals surface area contributed by atoms with Crippen molar-refractivity contribution in [3.8, 4) is 22.6 Å².